The Kier molecular flexibility index (Phi) is 7.53. The summed E-state index contributed by atoms with van der Waals surface area (Å²) in [6, 6.07) is 22.3. The first kappa shape index (κ1) is 23.6. The quantitative estimate of drug-likeness (QED) is 0.317. The molecule has 8 heteroatoms. The molecule has 1 aromatic heterocycles. The summed E-state index contributed by atoms with van der Waals surface area (Å²) in [5.41, 5.74) is 3.78. The molecular weight excluding hydrogens is 454 g/mol. The Bertz CT molecular complexity index is 1290. The predicted octanol–water partition coefficient (Wildman–Crippen LogP) is 5.23. The summed E-state index contributed by atoms with van der Waals surface area (Å²) in [7, 11) is 0. The minimum Gasteiger partial charge on any atom is -0.489 e. The van der Waals surface area contributed by atoms with Crippen LogP contribution >= 0.6 is 0 Å². The Labute approximate surface area is 210 Å². The number of anilines is 2. The summed E-state index contributed by atoms with van der Waals surface area (Å²) >= 11 is 0. The number of nitrogens with zero attached hydrogens (tertiary/aromatic N) is 2. The van der Waals surface area contributed by atoms with Crippen LogP contribution in [0.15, 0.2) is 79.0 Å². The lowest BCUT2D eigenvalue weighted by molar-refractivity contribution is 0.209. The van der Waals surface area contributed by atoms with Crippen molar-refractivity contribution < 1.29 is 14.3 Å². The van der Waals surface area contributed by atoms with Crippen molar-refractivity contribution in [3.05, 3.63) is 84.6 Å². The van der Waals surface area contributed by atoms with Crippen LogP contribution in [0.1, 0.15) is 18.4 Å². The highest BCUT2D eigenvalue weighted by molar-refractivity contribution is 6.00. The number of piperidine rings is 1. The average molecular weight is 484 g/mol. The SMILES string of the molecule is O=C(Nc1ccc(OCc2ccccc2)cc1)Nc1ccc2ncc(OCC3CCNCC3)nc2c1. The molecule has 0 spiro atoms. The number of benzene rings is 3. The number of urea groups is 1. The van der Waals surface area contributed by atoms with Crippen LogP contribution < -0.4 is 25.4 Å². The summed E-state index contributed by atoms with van der Waals surface area (Å²) in [4.78, 5) is 21.5. The van der Waals surface area contributed by atoms with Crippen LogP contribution in [0, 0.1) is 5.92 Å². The number of carbonyl (C=O) groups is 1. The molecule has 2 heterocycles. The number of rotatable bonds is 8. The monoisotopic (exact) mass is 483 g/mol. The van der Waals surface area contributed by atoms with Gasteiger partial charge in [0.15, 0.2) is 0 Å². The molecule has 1 saturated heterocycles. The van der Waals surface area contributed by atoms with Gasteiger partial charge < -0.3 is 25.4 Å². The molecule has 0 radical (unpaired) electrons. The number of hydrogen-bond acceptors (Lipinski definition) is 6. The van der Waals surface area contributed by atoms with Gasteiger partial charge in [-0.15, -0.1) is 0 Å². The second-order valence-electron chi connectivity index (χ2n) is 8.79. The minimum atomic E-state index is -0.349. The second-order valence-corrected chi connectivity index (χ2v) is 8.79. The van der Waals surface area contributed by atoms with Gasteiger partial charge in [-0.1, -0.05) is 30.3 Å². The average Bonchev–Trinajstić information content (AvgIpc) is 2.92. The highest BCUT2D eigenvalue weighted by Crippen LogP contribution is 2.21. The standard InChI is InChI=1S/C28H29N5O3/c34-28(31-22-6-9-24(10-7-22)35-18-20-4-2-1-3-5-20)32-23-8-11-25-26(16-23)33-27(17-30-25)36-19-21-12-14-29-15-13-21/h1-11,16-17,21,29H,12-15,18-19H2,(H2,31,32,34). The van der Waals surface area contributed by atoms with Crippen molar-refractivity contribution in [2.24, 2.45) is 5.92 Å². The molecule has 3 N–H and O–H groups in total. The molecule has 1 fully saturated rings. The van der Waals surface area contributed by atoms with Gasteiger partial charge >= 0.3 is 6.03 Å². The van der Waals surface area contributed by atoms with E-state index in [2.05, 4.69) is 25.9 Å². The first-order chi connectivity index (χ1) is 17.7. The van der Waals surface area contributed by atoms with Gasteiger partial charge in [-0.2, -0.15) is 0 Å². The fourth-order valence-electron chi connectivity index (χ4n) is 4.06. The molecule has 3 aromatic carbocycles. The van der Waals surface area contributed by atoms with Gasteiger partial charge in [0.1, 0.15) is 12.4 Å². The van der Waals surface area contributed by atoms with Crippen LogP contribution in [0.5, 0.6) is 11.6 Å². The van der Waals surface area contributed by atoms with Gasteiger partial charge in [0, 0.05) is 11.4 Å². The Morgan fingerprint density at radius 3 is 2.44 bits per heavy atom. The van der Waals surface area contributed by atoms with Crippen molar-refractivity contribution in [3.8, 4) is 11.6 Å². The smallest absolute Gasteiger partial charge is 0.323 e. The van der Waals surface area contributed by atoms with Crippen LogP contribution in [-0.2, 0) is 6.61 Å². The number of aromatic nitrogens is 2. The molecule has 0 atom stereocenters. The third-order valence-electron chi connectivity index (χ3n) is 6.06. The summed E-state index contributed by atoms with van der Waals surface area (Å²) in [6.45, 7) is 3.18. The van der Waals surface area contributed by atoms with Gasteiger partial charge in [-0.05, 0) is 79.9 Å². The van der Waals surface area contributed by atoms with Gasteiger partial charge in [-0.3, -0.25) is 0 Å². The van der Waals surface area contributed by atoms with E-state index in [4.69, 9.17) is 9.47 Å². The first-order valence-corrected chi connectivity index (χ1v) is 12.2. The maximum atomic E-state index is 12.5. The summed E-state index contributed by atoms with van der Waals surface area (Å²) < 4.78 is 11.7. The van der Waals surface area contributed by atoms with E-state index in [9.17, 15) is 4.79 Å². The van der Waals surface area contributed by atoms with E-state index in [1.54, 1.807) is 30.5 Å². The molecule has 0 aliphatic carbocycles. The maximum absolute atomic E-state index is 12.5. The lowest BCUT2D eigenvalue weighted by Crippen LogP contribution is -2.30. The van der Waals surface area contributed by atoms with Crippen LogP contribution in [-0.4, -0.2) is 35.7 Å². The molecule has 0 unspecified atom stereocenters. The number of nitrogens with one attached hydrogen (secondary N) is 3. The lowest BCUT2D eigenvalue weighted by Gasteiger charge is -2.22. The van der Waals surface area contributed by atoms with E-state index < -0.39 is 0 Å². The van der Waals surface area contributed by atoms with Crippen LogP contribution in [0.4, 0.5) is 16.2 Å². The molecule has 2 amide bonds. The Balaban J connectivity index is 1.15. The number of amides is 2. The van der Waals surface area contributed by atoms with E-state index in [1.165, 1.54) is 0 Å². The zero-order valence-electron chi connectivity index (χ0n) is 19.9. The molecule has 4 aromatic rings. The van der Waals surface area contributed by atoms with Crippen LogP contribution in [0.25, 0.3) is 11.0 Å². The van der Waals surface area contributed by atoms with Gasteiger partial charge in [-0.25, -0.2) is 14.8 Å². The second kappa shape index (κ2) is 11.5. The molecule has 0 saturated carbocycles. The van der Waals surface area contributed by atoms with Crippen molar-refractivity contribution in [3.63, 3.8) is 0 Å². The number of carbonyl (C=O) groups excluding carboxylic acids is 1. The normalized spacial score (nSPS) is 13.8. The van der Waals surface area contributed by atoms with Crippen molar-refractivity contribution in [1.29, 1.82) is 0 Å². The van der Waals surface area contributed by atoms with Crippen molar-refractivity contribution >= 4 is 28.4 Å². The van der Waals surface area contributed by atoms with E-state index in [0.29, 0.717) is 41.9 Å². The topological polar surface area (TPSA) is 97.4 Å². The predicted molar refractivity (Wildman–Crippen MR) is 140 cm³/mol. The molecular formula is C28H29N5O3. The first-order valence-electron chi connectivity index (χ1n) is 12.2. The zero-order chi connectivity index (χ0) is 24.6. The number of hydrogen-bond donors (Lipinski definition) is 3. The van der Waals surface area contributed by atoms with E-state index in [1.807, 2.05) is 48.5 Å². The van der Waals surface area contributed by atoms with E-state index >= 15 is 0 Å². The molecule has 184 valence electrons. The molecule has 1 aliphatic rings. The van der Waals surface area contributed by atoms with Crippen LogP contribution in [0.3, 0.4) is 0 Å². The van der Waals surface area contributed by atoms with Gasteiger partial charge in [0.25, 0.3) is 0 Å². The highest BCUT2D eigenvalue weighted by atomic mass is 16.5. The fraction of sp³-hybridized carbons (Fsp3) is 0.250. The largest absolute Gasteiger partial charge is 0.489 e. The fourth-order valence-corrected chi connectivity index (χ4v) is 4.06. The van der Waals surface area contributed by atoms with Crippen LogP contribution in [0.2, 0.25) is 0 Å². The maximum Gasteiger partial charge on any atom is 0.323 e. The third-order valence-corrected chi connectivity index (χ3v) is 6.06. The molecule has 0 bridgehead atoms. The molecule has 36 heavy (non-hydrogen) atoms. The third kappa shape index (κ3) is 6.49. The minimum absolute atomic E-state index is 0.349. The van der Waals surface area contributed by atoms with E-state index in [-0.39, 0.29) is 6.03 Å². The zero-order valence-corrected chi connectivity index (χ0v) is 19.9. The van der Waals surface area contributed by atoms with Crippen molar-refractivity contribution in [1.82, 2.24) is 15.3 Å². The number of ether oxygens (including phenoxy) is 2. The summed E-state index contributed by atoms with van der Waals surface area (Å²) in [6.07, 6.45) is 3.86. The van der Waals surface area contributed by atoms with Crippen molar-refractivity contribution in [2.75, 3.05) is 30.3 Å². The Morgan fingerprint density at radius 2 is 1.64 bits per heavy atom. The summed E-state index contributed by atoms with van der Waals surface area (Å²) in [5.74, 6) is 1.76. The Morgan fingerprint density at radius 1 is 0.889 bits per heavy atom. The number of fused-ring (bicyclic) bond motifs is 1. The molecule has 5 rings (SSSR count). The van der Waals surface area contributed by atoms with Gasteiger partial charge in [0.05, 0.1) is 23.8 Å². The summed E-state index contributed by atoms with van der Waals surface area (Å²) in [5, 5.41) is 9.04. The lowest BCUT2D eigenvalue weighted by atomic mass is 9.99. The van der Waals surface area contributed by atoms with Crippen molar-refractivity contribution in [2.45, 2.75) is 19.4 Å². The molecule has 8 nitrogen and oxygen atoms in total. The molecule has 1 aliphatic heterocycles. The van der Waals surface area contributed by atoms with Gasteiger partial charge in [0.2, 0.25) is 5.88 Å². The Hall–Kier alpha value is -4.17. The highest BCUT2D eigenvalue weighted by Gasteiger charge is 2.14. The van der Waals surface area contributed by atoms with E-state index in [0.717, 1.165) is 42.8 Å².